The normalized spacial score (nSPS) is 20.8. The second-order valence-corrected chi connectivity index (χ2v) is 16.8. The van der Waals surface area contributed by atoms with Crippen LogP contribution in [0.25, 0.3) is 0 Å². The molecule has 12 nitrogen and oxygen atoms in total. The van der Waals surface area contributed by atoms with E-state index in [-0.39, 0.29) is 19.4 Å². The number of carbonyl (C=O) groups is 2. The molecule has 0 aromatic carbocycles. The molecule has 1 heterocycles. The van der Waals surface area contributed by atoms with Crippen molar-refractivity contribution in [3.63, 3.8) is 0 Å². The van der Waals surface area contributed by atoms with Crippen LogP contribution in [0.1, 0.15) is 162 Å². The highest BCUT2D eigenvalue weighted by Gasteiger charge is 2.46. The van der Waals surface area contributed by atoms with Crippen molar-refractivity contribution >= 4 is 22.1 Å². The third kappa shape index (κ3) is 30.9. The van der Waals surface area contributed by atoms with Crippen LogP contribution in [0.2, 0.25) is 0 Å². The summed E-state index contributed by atoms with van der Waals surface area (Å²) in [6, 6.07) is 0. The number of aliphatic hydroxyl groups is 3. The molecule has 0 aromatic heterocycles. The number of aliphatic hydroxyl groups excluding tert-OH is 3. The van der Waals surface area contributed by atoms with Gasteiger partial charge >= 0.3 is 11.9 Å². The predicted octanol–water partition coefficient (Wildman–Crippen LogP) is 8.95. The Balaban J connectivity index is 2.48. The third-order valence-corrected chi connectivity index (χ3v) is 10.6. The first-order valence-electron chi connectivity index (χ1n) is 22.3. The van der Waals surface area contributed by atoms with E-state index in [9.17, 15) is 37.9 Å². The minimum atomic E-state index is -4.61. The average Bonchev–Trinajstić information content (AvgIpc) is 3.20. The third-order valence-electron chi connectivity index (χ3n) is 9.86. The highest BCUT2D eigenvalue weighted by atomic mass is 32.2. The van der Waals surface area contributed by atoms with Crippen LogP contribution in [0.15, 0.2) is 60.8 Å². The Kier molecular flexibility index (Phi) is 33.2. The molecule has 1 rings (SSSR count). The number of hydrogen-bond acceptors (Lipinski definition) is 11. The van der Waals surface area contributed by atoms with Crippen LogP contribution in [0.5, 0.6) is 0 Å². The van der Waals surface area contributed by atoms with Gasteiger partial charge in [0.05, 0.1) is 6.61 Å². The molecule has 0 radical (unpaired) electrons. The zero-order valence-corrected chi connectivity index (χ0v) is 36.9. The molecular formula is C46H78O12S. The molecule has 59 heavy (non-hydrogen) atoms. The lowest BCUT2D eigenvalue weighted by Crippen LogP contribution is -2.60. The fourth-order valence-corrected chi connectivity index (χ4v) is 7.10. The summed E-state index contributed by atoms with van der Waals surface area (Å²) in [7, 11) is -4.61. The van der Waals surface area contributed by atoms with Crippen LogP contribution in [0.3, 0.4) is 0 Å². The number of ether oxygens (including phenoxy) is 4. The first-order valence-corrected chi connectivity index (χ1v) is 24.0. The summed E-state index contributed by atoms with van der Waals surface area (Å²) in [5.74, 6) is -2.03. The van der Waals surface area contributed by atoms with Crippen molar-refractivity contribution in [3.05, 3.63) is 60.8 Å². The predicted molar refractivity (Wildman–Crippen MR) is 233 cm³/mol. The van der Waals surface area contributed by atoms with E-state index < -0.39 is 71.2 Å². The molecule has 6 unspecified atom stereocenters. The highest BCUT2D eigenvalue weighted by molar-refractivity contribution is 7.85. The average molecular weight is 855 g/mol. The van der Waals surface area contributed by atoms with Crippen LogP contribution in [0, 0.1) is 0 Å². The first-order chi connectivity index (χ1) is 28.5. The molecule has 1 aliphatic heterocycles. The van der Waals surface area contributed by atoms with Crippen molar-refractivity contribution < 1.29 is 56.8 Å². The van der Waals surface area contributed by atoms with E-state index in [4.69, 9.17) is 18.9 Å². The van der Waals surface area contributed by atoms with E-state index in [0.29, 0.717) is 12.8 Å². The molecule has 0 saturated carbocycles. The number of carbonyl (C=O) groups excluding carboxylic acids is 2. The van der Waals surface area contributed by atoms with Gasteiger partial charge in [0, 0.05) is 12.8 Å². The van der Waals surface area contributed by atoms with Gasteiger partial charge in [-0.15, -0.1) is 0 Å². The maximum Gasteiger partial charge on any atom is 0.306 e. The van der Waals surface area contributed by atoms with Crippen LogP contribution in [0.4, 0.5) is 0 Å². The van der Waals surface area contributed by atoms with Crippen LogP contribution >= 0.6 is 0 Å². The number of esters is 2. The number of allylic oxidation sites excluding steroid dienone is 10. The Morgan fingerprint density at radius 3 is 1.59 bits per heavy atom. The van der Waals surface area contributed by atoms with Gasteiger partial charge in [0.2, 0.25) is 0 Å². The summed E-state index contributed by atoms with van der Waals surface area (Å²) in [5.41, 5.74) is 0. The molecule has 6 atom stereocenters. The van der Waals surface area contributed by atoms with E-state index >= 15 is 0 Å². The summed E-state index contributed by atoms with van der Waals surface area (Å²) >= 11 is 0. The topological polar surface area (TPSA) is 186 Å². The quantitative estimate of drug-likeness (QED) is 0.0203. The largest absolute Gasteiger partial charge is 0.462 e. The van der Waals surface area contributed by atoms with E-state index in [1.54, 1.807) is 0 Å². The molecule has 0 amide bonds. The van der Waals surface area contributed by atoms with Gasteiger partial charge in [0.15, 0.2) is 12.4 Å². The molecule has 1 aliphatic rings. The fourth-order valence-electron chi connectivity index (χ4n) is 6.41. The zero-order chi connectivity index (χ0) is 43.4. The molecule has 0 bridgehead atoms. The molecule has 0 aliphatic carbocycles. The molecule has 340 valence electrons. The van der Waals surface area contributed by atoms with E-state index in [0.717, 1.165) is 70.6 Å². The molecule has 0 spiro atoms. The smallest absolute Gasteiger partial charge is 0.306 e. The van der Waals surface area contributed by atoms with Crippen LogP contribution in [-0.2, 0) is 38.7 Å². The standard InChI is InChI=1S/C46H78O12S/c1-3-5-7-9-11-13-15-17-18-19-20-21-22-23-25-27-29-31-33-35-42(48)57-39(37-56-46-45(51)44(50)43(49)40(58-46)38-59(52,53)54)36-55-41(47)34-32-30-28-26-24-16-14-12-10-8-6-4-2/h5,7,11,13,17-18,20-21,23,25,39-40,43-46,49-51H,3-4,6,8-10,12,14-16,19,22,24,26-38H2,1-2H3,(H,52,53,54)/b7-5-,13-11-,18-17-,21-20-,25-23-. The maximum absolute atomic E-state index is 12.8. The minimum Gasteiger partial charge on any atom is -0.462 e. The summed E-state index contributed by atoms with van der Waals surface area (Å²) in [6.07, 6.45) is 34.1. The SMILES string of the molecule is CC/C=C\C/C=C\C/C=C\C/C=C\C/C=C\CCCCCC(=O)OC(COC(=O)CCCCCCCCCCCCCC)COC1OC(CS(=O)(=O)O)C(O)C(O)C1O. The van der Waals surface area contributed by atoms with E-state index in [1.807, 2.05) is 0 Å². The van der Waals surface area contributed by atoms with Crippen molar-refractivity contribution in [1.29, 1.82) is 0 Å². The van der Waals surface area contributed by atoms with Gasteiger partial charge in [0.1, 0.15) is 36.8 Å². The number of hydrogen-bond donors (Lipinski definition) is 4. The number of unbranched alkanes of at least 4 members (excludes halogenated alkanes) is 14. The molecule has 4 N–H and O–H groups in total. The van der Waals surface area contributed by atoms with Gasteiger partial charge in [-0.05, 0) is 57.8 Å². The monoisotopic (exact) mass is 855 g/mol. The Hall–Kier alpha value is -2.65. The second kappa shape index (κ2) is 36.0. The van der Waals surface area contributed by atoms with Gasteiger partial charge in [0.25, 0.3) is 10.1 Å². The van der Waals surface area contributed by atoms with E-state index in [1.165, 1.54) is 51.4 Å². The van der Waals surface area contributed by atoms with Crippen molar-refractivity contribution in [2.24, 2.45) is 0 Å². The highest BCUT2D eigenvalue weighted by Crippen LogP contribution is 2.24. The van der Waals surface area contributed by atoms with Gasteiger partial charge in [-0.2, -0.15) is 8.42 Å². The van der Waals surface area contributed by atoms with Crippen LogP contribution < -0.4 is 0 Å². The van der Waals surface area contributed by atoms with Gasteiger partial charge in [-0.3, -0.25) is 14.1 Å². The Morgan fingerprint density at radius 2 is 1.07 bits per heavy atom. The second-order valence-electron chi connectivity index (χ2n) is 15.3. The number of rotatable bonds is 36. The molecule has 13 heteroatoms. The summed E-state index contributed by atoms with van der Waals surface area (Å²) in [5, 5.41) is 30.9. The lowest BCUT2D eigenvalue weighted by molar-refractivity contribution is -0.297. The summed E-state index contributed by atoms with van der Waals surface area (Å²) in [6.45, 7) is 3.60. The Morgan fingerprint density at radius 1 is 0.593 bits per heavy atom. The van der Waals surface area contributed by atoms with Crippen molar-refractivity contribution in [2.45, 2.75) is 198 Å². The minimum absolute atomic E-state index is 0.124. The Bertz CT molecular complexity index is 1320. The zero-order valence-electron chi connectivity index (χ0n) is 36.1. The van der Waals surface area contributed by atoms with Gasteiger partial charge < -0.3 is 34.3 Å². The van der Waals surface area contributed by atoms with Crippen molar-refractivity contribution in [2.75, 3.05) is 19.0 Å². The summed E-state index contributed by atoms with van der Waals surface area (Å²) < 4.78 is 54.0. The molecular weight excluding hydrogens is 777 g/mol. The summed E-state index contributed by atoms with van der Waals surface area (Å²) in [4.78, 5) is 25.4. The van der Waals surface area contributed by atoms with Crippen molar-refractivity contribution in [1.82, 2.24) is 0 Å². The lowest BCUT2D eigenvalue weighted by Gasteiger charge is -2.40. The first kappa shape index (κ1) is 54.4. The van der Waals surface area contributed by atoms with E-state index in [2.05, 4.69) is 74.6 Å². The molecule has 1 saturated heterocycles. The molecule has 1 fully saturated rings. The van der Waals surface area contributed by atoms with Gasteiger partial charge in [-0.1, -0.05) is 152 Å². The fraction of sp³-hybridized carbons (Fsp3) is 0.739. The van der Waals surface area contributed by atoms with Crippen molar-refractivity contribution in [3.8, 4) is 0 Å². The van der Waals surface area contributed by atoms with Gasteiger partial charge in [-0.25, -0.2) is 0 Å². The Labute approximate surface area is 355 Å². The van der Waals surface area contributed by atoms with Crippen LogP contribution in [-0.4, -0.2) is 96.0 Å². The lowest BCUT2D eigenvalue weighted by atomic mass is 10.00. The molecule has 0 aromatic rings. The maximum atomic E-state index is 12.8.